The number of carbonyl (C=O) groups is 1. The first-order valence-corrected chi connectivity index (χ1v) is 4.63. The zero-order chi connectivity index (χ0) is 10.8. The first-order chi connectivity index (χ1) is 7.24. The number of halogens is 1. The van der Waals surface area contributed by atoms with Crippen LogP contribution in [0.4, 0.5) is 4.39 Å². The van der Waals surface area contributed by atoms with Gasteiger partial charge in [0.05, 0.1) is 7.11 Å². The Morgan fingerprint density at radius 1 is 1.67 bits per heavy atom. The first kappa shape index (κ1) is 9.89. The number of carbonyl (C=O) groups excluding carboxylic acids is 1. The minimum atomic E-state index is -0.554. The van der Waals surface area contributed by atoms with Crippen molar-refractivity contribution in [1.82, 2.24) is 9.88 Å². The monoisotopic (exact) mass is 210 g/mol. The molecular weight excluding hydrogens is 199 g/mol. The molecule has 80 valence electrons. The van der Waals surface area contributed by atoms with Gasteiger partial charge in [0.25, 0.3) is 0 Å². The van der Waals surface area contributed by atoms with Crippen molar-refractivity contribution in [3.8, 4) is 5.75 Å². The summed E-state index contributed by atoms with van der Waals surface area (Å²) in [7, 11) is 1.49. The molecule has 15 heavy (non-hydrogen) atoms. The molecule has 0 atom stereocenters. The highest BCUT2D eigenvalue weighted by Crippen LogP contribution is 2.32. The zero-order valence-electron chi connectivity index (χ0n) is 8.31. The van der Waals surface area contributed by atoms with E-state index in [9.17, 15) is 9.18 Å². The van der Waals surface area contributed by atoms with E-state index in [1.807, 2.05) is 0 Å². The van der Waals surface area contributed by atoms with Crippen molar-refractivity contribution < 1.29 is 13.9 Å². The van der Waals surface area contributed by atoms with Gasteiger partial charge in [-0.15, -0.1) is 0 Å². The minimum absolute atomic E-state index is 0.207. The summed E-state index contributed by atoms with van der Waals surface area (Å²) >= 11 is 0. The Morgan fingerprint density at radius 2 is 2.40 bits per heavy atom. The standard InChI is InChI=1S/C10H11FN2O2/c1-15-9-2-10(11)12-3-8(9)7-4-13(5-7)6-14/h2-3,6-7H,4-5H2,1H3. The molecule has 1 saturated heterocycles. The molecule has 0 radical (unpaired) electrons. The van der Waals surface area contributed by atoms with Crippen LogP contribution in [0.5, 0.6) is 5.75 Å². The molecule has 0 saturated carbocycles. The van der Waals surface area contributed by atoms with Gasteiger partial charge in [-0.2, -0.15) is 4.39 Å². The molecule has 0 unspecified atom stereocenters. The van der Waals surface area contributed by atoms with Gasteiger partial charge in [0, 0.05) is 36.8 Å². The molecule has 1 aliphatic heterocycles. The Morgan fingerprint density at radius 3 is 3.00 bits per heavy atom. The summed E-state index contributed by atoms with van der Waals surface area (Å²) in [6.07, 6.45) is 2.28. The fourth-order valence-corrected chi connectivity index (χ4v) is 1.70. The second-order valence-corrected chi connectivity index (χ2v) is 3.51. The van der Waals surface area contributed by atoms with E-state index in [0.717, 1.165) is 12.0 Å². The number of rotatable bonds is 3. The second-order valence-electron chi connectivity index (χ2n) is 3.51. The van der Waals surface area contributed by atoms with Gasteiger partial charge in [-0.3, -0.25) is 4.79 Å². The van der Waals surface area contributed by atoms with Crippen LogP contribution >= 0.6 is 0 Å². The summed E-state index contributed by atoms with van der Waals surface area (Å²) in [5, 5.41) is 0. The van der Waals surface area contributed by atoms with Crippen LogP contribution in [0.3, 0.4) is 0 Å². The van der Waals surface area contributed by atoms with Gasteiger partial charge in [-0.05, 0) is 0 Å². The fraction of sp³-hybridized carbons (Fsp3) is 0.400. The molecule has 4 nitrogen and oxygen atoms in total. The Hall–Kier alpha value is -1.65. The number of likely N-dealkylation sites (tertiary alicyclic amines) is 1. The number of amides is 1. The summed E-state index contributed by atoms with van der Waals surface area (Å²) in [5.41, 5.74) is 0.858. The van der Waals surface area contributed by atoms with Crippen molar-refractivity contribution in [2.45, 2.75) is 5.92 Å². The van der Waals surface area contributed by atoms with Crippen molar-refractivity contribution in [2.24, 2.45) is 0 Å². The van der Waals surface area contributed by atoms with Gasteiger partial charge in [0.2, 0.25) is 12.4 Å². The molecule has 0 aromatic carbocycles. The third-order valence-corrected chi connectivity index (χ3v) is 2.58. The first-order valence-electron chi connectivity index (χ1n) is 4.63. The van der Waals surface area contributed by atoms with E-state index in [-0.39, 0.29) is 5.92 Å². The van der Waals surface area contributed by atoms with Crippen molar-refractivity contribution >= 4 is 6.41 Å². The largest absolute Gasteiger partial charge is 0.496 e. The van der Waals surface area contributed by atoms with Crippen molar-refractivity contribution in [2.75, 3.05) is 20.2 Å². The van der Waals surface area contributed by atoms with Gasteiger partial charge in [0.1, 0.15) is 5.75 Å². The lowest BCUT2D eigenvalue weighted by Crippen LogP contribution is -2.43. The molecule has 1 fully saturated rings. The highest BCUT2D eigenvalue weighted by atomic mass is 19.1. The molecule has 1 aliphatic rings. The van der Waals surface area contributed by atoms with Crippen LogP contribution in [0.25, 0.3) is 0 Å². The van der Waals surface area contributed by atoms with Crippen LogP contribution in [0, 0.1) is 5.95 Å². The second kappa shape index (κ2) is 3.84. The molecule has 1 aromatic rings. The average Bonchev–Trinajstić information content (AvgIpc) is 2.18. The quantitative estimate of drug-likeness (QED) is 0.547. The SMILES string of the molecule is COc1cc(F)ncc1C1CN(C=O)C1. The maximum absolute atomic E-state index is 12.8. The van der Waals surface area contributed by atoms with Crippen LogP contribution in [0.15, 0.2) is 12.3 Å². The third-order valence-electron chi connectivity index (χ3n) is 2.58. The molecule has 2 rings (SSSR count). The van der Waals surface area contributed by atoms with E-state index in [4.69, 9.17) is 4.74 Å². The van der Waals surface area contributed by atoms with Crippen LogP contribution in [-0.2, 0) is 4.79 Å². The van der Waals surface area contributed by atoms with Gasteiger partial charge in [-0.1, -0.05) is 0 Å². The minimum Gasteiger partial charge on any atom is -0.496 e. The van der Waals surface area contributed by atoms with E-state index in [1.54, 1.807) is 4.90 Å². The molecule has 2 heterocycles. The summed E-state index contributed by atoms with van der Waals surface area (Å²) in [4.78, 5) is 15.6. The Labute approximate surface area is 86.7 Å². The third kappa shape index (κ3) is 1.77. The topological polar surface area (TPSA) is 42.4 Å². The Balaban J connectivity index is 2.18. The zero-order valence-corrected chi connectivity index (χ0v) is 8.31. The highest BCUT2D eigenvalue weighted by molar-refractivity contribution is 5.51. The fourth-order valence-electron chi connectivity index (χ4n) is 1.70. The van der Waals surface area contributed by atoms with E-state index in [2.05, 4.69) is 4.98 Å². The molecule has 0 aliphatic carbocycles. The van der Waals surface area contributed by atoms with Gasteiger partial charge < -0.3 is 9.64 Å². The molecule has 5 heteroatoms. The predicted molar refractivity (Wildman–Crippen MR) is 51.1 cm³/mol. The maximum atomic E-state index is 12.8. The Bertz CT molecular complexity index is 378. The highest BCUT2D eigenvalue weighted by Gasteiger charge is 2.29. The number of pyridine rings is 1. The normalized spacial score (nSPS) is 16.0. The van der Waals surface area contributed by atoms with Crippen LogP contribution < -0.4 is 4.74 Å². The lowest BCUT2D eigenvalue weighted by molar-refractivity contribution is -0.122. The van der Waals surface area contributed by atoms with Crippen molar-refractivity contribution in [1.29, 1.82) is 0 Å². The van der Waals surface area contributed by atoms with Crippen molar-refractivity contribution in [3.05, 3.63) is 23.8 Å². The van der Waals surface area contributed by atoms with E-state index in [0.29, 0.717) is 18.8 Å². The smallest absolute Gasteiger partial charge is 0.216 e. The predicted octanol–water partition coefficient (Wildman–Crippen LogP) is 0.785. The molecule has 0 N–H and O–H groups in total. The molecule has 1 amide bonds. The number of methoxy groups -OCH3 is 1. The molecule has 0 spiro atoms. The molecular formula is C10H11FN2O2. The van der Waals surface area contributed by atoms with E-state index in [1.165, 1.54) is 19.4 Å². The number of nitrogens with zero attached hydrogens (tertiary/aromatic N) is 2. The number of hydrogen-bond acceptors (Lipinski definition) is 3. The summed E-state index contributed by atoms with van der Waals surface area (Å²) in [6, 6.07) is 1.26. The number of aromatic nitrogens is 1. The average molecular weight is 210 g/mol. The van der Waals surface area contributed by atoms with Crippen LogP contribution in [0.1, 0.15) is 11.5 Å². The molecule has 0 bridgehead atoms. The maximum Gasteiger partial charge on any atom is 0.216 e. The lowest BCUT2D eigenvalue weighted by Gasteiger charge is -2.36. The Kier molecular flexibility index (Phi) is 2.53. The van der Waals surface area contributed by atoms with Gasteiger partial charge in [0.15, 0.2) is 0 Å². The number of hydrogen-bond donors (Lipinski definition) is 0. The summed E-state index contributed by atoms with van der Waals surface area (Å²) < 4.78 is 17.9. The van der Waals surface area contributed by atoms with Gasteiger partial charge >= 0.3 is 0 Å². The van der Waals surface area contributed by atoms with Gasteiger partial charge in [-0.25, -0.2) is 4.98 Å². The summed E-state index contributed by atoms with van der Waals surface area (Å²) in [6.45, 7) is 1.29. The number of ether oxygens (including phenoxy) is 1. The van der Waals surface area contributed by atoms with Crippen molar-refractivity contribution in [3.63, 3.8) is 0 Å². The summed E-state index contributed by atoms with van der Waals surface area (Å²) in [5.74, 6) is 0.151. The van der Waals surface area contributed by atoms with Crippen LogP contribution in [-0.4, -0.2) is 36.5 Å². The molecule has 1 aromatic heterocycles. The van der Waals surface area contributed by atoms with Crippen LogP contribution in [0.2, 0.25) is 0 Å². The lowest BCUT2D eigenvalue weighted by atomic mass is 9.93. The van der Waals surface area contributed by atoms with E-state index >= 15 is 0 Å². The van der Waals surface area contributed by atoms with E-state index < -0.39 is 5.95 Å².